The second kappa shape index (κ2) is 6.81. The highest BCUT2D eigenvalue weighted by molar-refractivity contribution is 7.22. The minimum Gasteiger partial charge on any atom is -0.345 e. The number of carbonyl (C=O) groups is 1. The number of piperazine rings is 1. The van der Waals surface area contributed by atoms with Gasteiger partial charge in [0.2, 0.25) is 0 Å². The van der Waals surface area contributed by atoms with Crippen LogP contribution in [0.1, 0.15) is 10.4 Å². The fourth-order valence-corrected chi connectivity index (χ4v) is 4.29. The van der Waals surface area contributed by atoms with Gasteiger partial charge in [0.1, 0.15) is 17.2 Å². The molecule has 1 amide bonds. The summed E-state index contributed by atoms with van der Waals surface area (Å²) in [7, 11) is 0. The molecule has 3 aromatic rings. The Morgan fingerprint density at radius 2 is 1.88 bits per heavy atom. The van der Waals surface area contributed by atoms with Gasteiger partial charge >= 0.3 is 0 Å². The van der Waals surface area contributed by atoms with Crippen LogP contribution < -0.4 is 4.90 Å². The van der Waals surface area contributed by atoms with E-state index in [1.807, 2.05) is 12.1 Å². The van der Waals surface area contributed by atoms with Gasteiger partial charge in [-0.25, -0.2) is 13.8 Å². The predicted octanol–water partition coefficient (Wildman–Crippen LogP) is 4.19. The summed E-state index contributed by atoms with van der Waals surface area (Å²) in [6.07, 6.45) is 0. The molecule has 2 heterocycles. The third kappa shape index (κ3) is 3.12. The number of amides is 1. The number of benzene rings is 2. The number of thiazole rings is 1. The molecule has 26 heavy (non-hydrogen) atoms. The molecule has 4 nitrogen and oxygen atoms in total. The van der Waals surface area contributed by atoms with E-state index in [9.17, 15) is 13.6 Å². The number of aromatic nitrogens is 1. The lowest BCUT2D eigenvalue weighted by Gasteiger charge is -2.34. The monoisotopic (exact) mass is 393 g/mol. The number of anilines is 1. The summed E-state index contributed by atoms with van der Waals surface area (Å²) in [6.45, 7) is 2.07. The zero-order valence-electron chi connectivity index (χ0n) is 13.6. The van der Waals surface area contributed by atoms with Crippen molar-refractivity contribution in [2.75, 3.05) is 31.1 Å². The Balaban J connectivity index is 1.48. The van der Waals surface area contributed by atoms with Crippen LogP contribution in [0.5, 0.6) is 0 Å². The van der Waals surface area contributed by atoms with E-state index in [-0.39, 0.29) is 5.56 Å². The Morgan fingerprint density at radius 3 is 2.58 bits per heavy atom. The molecular formula is C18H14ClF2N3OS. The van der Waals surface area contributed by atoms with Crippen LogP contribution in [0, 0.1) is 11.6 Å². The molecule has 0 bridgehead atoms. The molecule has 1 aromatic heterocycles. The molecule has 0 atom stereocenters. The molecule has 134 valence electrons. The van der Waals surface area contributed by atoms with Gasteiger partial charge in [-0.1, -0.05) is 29.0 Å². The first-order valence-corrected chi connectivity index (χ1v) is 9.27. The first-order valence-electron chi connectivity index (χ1n) is 8.07. The Kier molecular flexibility index (Phi) is 4.50. The van der Waals surface area contributed by atoms with Gasteiger partial charge in [-0.2, -0.15) is 0 Å². The van der Waals surface area contributed by atoms with Gasteiger partial charge in [0.05, 0.1) is 15.3 Å². The van der Waals surface area contributed by atoms with E-state index in [0.717, 1.165) is 27.5 Å². The average molecular weight is 394 g/mol. The van der Waals surface area contributed by atoms with Crippen LogP contribution in [-0.2, 0) is 0 Å². The Bertz CT molecular complexity index is 986. The number of hydrogen-bond acceptors (Lipinski definition) is 4. The number of hydrogen-bond donors (Lipinski definition) is 0. The number of halogens is 3. The molecule has 0 unspecified atom stereocenters. The van der Waals surface area contributed by atoms with E-state index in [1.165, 1.54) is 6.07 Å². The SMILES string of the molecule is O=C(c1ccc(F)cc1F)N1CCN(c2nc3c(Cl)cccc3s2)CC1. The molecule has 4 rings (SSSR count). The summed E-state index contributed by atoms with van der Waals surface area (Å²) in [6, 6.07) is 8.68. The first kappa shape index (κ1) is 17.2. The van der Waals surface area contributed by atoms with E-state index >= 15 is 0 Å². The van der Waals surface area contributed by atoms with E-state index in [0.29, 0.717) is 31.2 Å². The van der Waals surface area contributed by atoms with Gasteiger partial charge in [-0.15, -0.1) is 0 Å². The lowest BCUT2D eigenvalue weighted by Crippen LogP contribution is -2.49. The lowest BCUT2D eigenvalue weighted by molar-refractivity contribution is 0.0742. The zero-order valence-corrected chi connectivity index (χ0v) is 15.2. The molecule has 1 aliphatic heterocycles. The molecule has 0 radical (unpaired) electrons. The highest BCUT2D eigenvalue weighted by Crippen LogP contribution is 2.33. The van der Waals surface area contributed by atoms with Crippen LogP contribution in [0.4, 0.5) is 13.9 Å². The van der Waals surface area contributed by atoms with Gasteiger partial charge in [0, 0.05) is 32.2 Å². The zero-order chi connectivity index (χ0) is 18.3. The summed E-state index contributed by atoms with van der Waals surface area (Å²) in [5, 5.41) is 1.47. The normalized spacial score (nSPS) is 14.9. The molecule has 0 spiro atoms. The van der Waals surface area contributed by atoms with Crippen molar-refractivity contribution >= 4 is 44.2 Å². The minimum absolute atomic E-state index is 0.105. The maximum atomic E-state index is 13.8. The maximum absolute atomic E-state index is 13.8. The van der Waals surface area contributed by atoms with Gasteiger partial charge in [0.25, 0.3) is 5.91 Å². The molecule has 1 aliphatic rings. The predicted molar refractivity (Wildman–Crippen MR) is 99.1 cm³/mol. The molecule has 1 saturated heterocycles. The van der Waals surface area contributed by atoms with Crippen LogP contribution in [-0.4, -0.2) is 42.0 Å². The molecule has 8 heteroatoms. The van der Waals surface area contributed by atoms with Gasteiger partial charge in [-0.3, -0.25) is 4.79 Å². The first-order chi connectivity index (χ1) is 12.5. The summed E-state index contributed by atoms with van der Waals surface area (Å²) >= 11 is 7.73. The number of nitrogens with zero attached hydrogens (tertiary/aromatic N) is 3. The van der Waals surface area contributed by atoms with Gasteiger partial charge < -0.3 is 9.80 Å². The van der Waals surface area contributed by atoms with Crippen molar-refractivity contribution in [1.29, 1.82) is 0 Å². The molecule has 0 N–H and O–H groups in total. The minimum atomic E-state index is -0.835. The number of carbonyl (C=O) groups excluding carboxylic acids is 1. The molecule has 1 fully saturated rings. The Hall–Kier alpha value is -2.25. The highest BCUT2D eigenvalue weighted by atomic mass is 35.5. The summed E-state index contributed by atoms with van der Waals surface area (Å²) < 4.78 is 27.9. The van der Waals surface area contributed by atoms with Crippen molar-refractivity contribution in [2.45, 2.75) is 0 Å². The van der Waals surface area contributed by atoms with Crippen molar-refractivity contribution in [3.05, 3.63) is 58.6 Å². The number of rotatable bonds is 2. The highest BCUT2D eigenvalue weighted by Gasteiger charge is 2.25. The third-order valence-corrected chi connectivity index (χ3v) is 5.74. The molecule has 2 aromatic carbocycles. The Morgan fingerprint density at radius 1 is 1.12 bits per heavy atom. The second-order valence-corrected chi connectivity index (χ2v) is 7.40. The smallest absolute Gasteiger partial charge is 0.256 e. The standard InChI is InChI=1S/C18H14ClF2N3OS/c19-13-2-1-3-15-16(13)22-18(26-15)24-8-6-23(7-9-24)17(25)12-5-4-11(20)10-14(12)21/h1-5,10H,6-9H2. The van der Waals surface area contributed by atoms with Crippen molar-refractivity contribution < 1.29 is 13.6 Å². The summed E-state index contributed by atoms with van der Waals surface area (Å²) in [4.78, 5) is 20.7. The molecule has 0 aliphatic carbocycles. The van der Waals surface area contributed by atoms with Gasteiger partial charge in [0.15, 0.2) is 5.13 Å². The van der Waals surface area contributed by atoms with E-state index in [2.05, 4.69) is 9.88 Å². The van der Waals surface area contributed by atoms with Crippen molar-refractivity contribution in [1.82, 2.24) is 9.88 Å². The van der Waals surface area contributed by atoms with Crippen LogP contribution >= 0.6 is 22.9 Å². The molecular weight excluding hydrogens is 380 g/mol. The van der Waals surface area contributed by atoms with Crippen molar-refractivity contribution in [3.8, 4) is 0 Å². The third-order valence-electron chi connectivity index (χ3n) is 4.36. The fourth-order valence-electron chi connectivity index (χ4n) is 2.97. The van der Waals surface area contributed by atoms with Crippen molar-refractivity contribution in [2.24, 2.45) is 0 Å². The lowest BCUT2D eigenvalue weighted by atomic mass is 10.1. The maximum Gasteiger partial charge on any atom is 0.256 e. The average Bonchev–Trinajstić information content (AvgIpc) is 3.07. The topological polar surface area (TPSA) is 36.4 Å². The quantitative estimate of drug-likeness (QED) is 0.655. The Labute approximate surface area is 157 Å². The number of para-hydroxylation sites is 1. The van der Waals surface area contributed by atoms with Crippen LogP contribution in [0.25, 0.3) is 10.2 Å². The van der Waals surface area contributed by atoms with E-state index in [1.54, 1.807) is 22.3 Å². The van der Waals surface area contributed by atoms with Gasteiger partial charge in [-0.05, 0) is 24.3 Å². The largest absolute Gasteiger partial charge is 0.345 e. The fraction of sp³-hybridized carbons (Fsp3) is 0.222. The molecule has 0 saturated carbocycles. The van der Waals surface area contributed by atoms with E-state index < -0.39 is 17.5 Å². The van der Waals surface area contributed by atoms with E-state index in [4.69, 9.17) is 11.6 Å². The summed E-state index contributed by atoms with van der Waals surface area (Å²) in [5.41, 5.74) is 0.674. The second-order valence-electron chi connectivity index (χ2n) is 5.99. The van der Waals surface area contributed by atoms with Crippen molar-refractivity contribution in [3.63, 3.8) is 0 Å². The van der Waals surface area contributed by atoms with Crippen LogP contribution in [0.3, 0.4) is 0 Å². The number of fused-ring (bicyclic) bond motifs is 1. The van der Waals surface area contributed by atoms with Crippen LogP contribution in [0.2, 0.25) is 5.02 Å². The van der Waals surface area contributed by atoms with Crippen LogP contribution in [0.15, 0.2) is 36.4 Å². The summed E-state index contributed by atoms with van der Waals surface area (Å²) in [5.74, 6) is -1.95.